The Morgan fingerprint density at radius 3 is 2.54 bits per heavy atom. The second-order valence-electron chi connectivity index (χ2n) is 7.73. The minimum absolute atomic E-state index is 0.0220. The van der Waals surface area contributed by atoms with E-state index < -0.39 is 5.97 Å². The first-order valence-corrected chi connectivity index (χ1v) is 9.77. The molecular weight excluding hydrogens is 330 g/mol. The smallest absolute Gasteiger partial charge is 0.335 e. The van der Waals surface area contributed by atoms with E-state index in [0.29, 0.717) is 12.1 Å². The third kappa shape index (κ3) is 4.64. The predicted octanol–water partition coefficient (Wildman–Crippen LogP) is 3.51. The van der Waals surface area contributed by atoms with Crippen molar-refractivity contribution < 1.29 is 19.4 Å². The van der Waals surface area contributed by atoms with Crippen LogP contribution in [-0.4, -0.2) is 47.2 Å². The topological polar surface area (TPSA) is 66.8 Å². The Kier molecular flexibility index (Phi) is 6.30. The van der Waals surface area contributed by atoms with E-state index >= 15 is 0 Å². The number of hydrogen-bond donors (Lipinski definition) is 1. The Hall–Kier alpha value is -1.88. The molecule has 5 nitrogen and oxygen atoms in total. The van der Waals surface area contributed by atoms with E-state index in [1.54, 1.807) is 24.3 Å². The fraction of sp³-hybridized carbons (Fsp3) is 0.619. The zero-order chi connectivity index (χ0) is 18.5. The van der Waals surface area contributed by atoms with Crippen LogP contribution in [-0.2, 0) is 16.0 Å². The van der Waals surface area contributed by atoms with Gasteiger partial charge in [0.15, 0.2) is 0 Å². The summed E-state index contributed by atoms with van der Waals surface area (Å²) in [6.45, 7) is 3.68. The van der Waals surface area contributed by atoms with E-state index in [1.165, 1.54) is 0 Å². The van der Waals surface area contributed by atoms with Gasteiger partial charge in [-0.2, -0.15) is 0 Å². The molecule has 1 aliphatic carbocycles. The van der Waals surface area contributed by atoms with Crippen LogP contribution in [0.4, 0.5) is 0 Å². The highest BCUT2D eigenvalue weighted by Crippen LogP contribution is 2.29. The van der Waals surface area contributed by atoms with Crippen molar-refractivity contribution in [3.63, 3.8) is 0 Å². The number of rotatable bonds is 6. The zero-order valence-corrected chi connectivity index (χ0v) is 15.5. The normalized spacial score (nSPS) is 25.8. The van der Waals surface area contributed by atoms with Crippen molar-refractivity contribution in [2.24, 2.45) is 5.92 Å². The van der Waals surface area contributed by atoms with Gasteiger partial charge in [-0.25, -0.2) is 4.79 Å². The summed E-state index contributed by atoms with van der Waals surface area (Å²) in [6.07, 6.45) is 6.65. The first-order valence-electron chi connectivity index (χ1n) is 9.77. The molecule has 0 spiro atoms. The Bertz CT molecular complexity index is 631. The number of nitrogens with zero attached hydrogens (tertiary/aromatic N) is 1. The summed E-state index contributed by atoms with van der Waals surface area (Å²) in [5, 5.41) is 9.38. The first-order chi connectivity index (χ1) is 12.5. The summed E-state index contributed by atoms with van der Waals surface area (Å²) in [7, 11) is 0. The summed E-state index contributed by atoms with van der Waals surface area (Å²) >= 11 is 0. The SMILES string of the molecule is CC1CCC(N(CC2CCCO2)C(=O)Cc2ccccc2C(=O)O)CC1. The summed E-state index contributed by atoms with van der Waals surface area (Å²) in [6, 6.07) is 7.05. The highest BCUT2D eigenvalue weighted by atomic mass is 16.5. The van der Waals surface area contributed by atoms with E-state index in [1.807, 2.05) is 4.90 Å². The van der Waals surface area contributed by atoms with E-state index in [9.17, 15) is 14.7 Å². The molecule has 5 heteroatoms. The molecule has 0 radical (unpaired) electrons. The lowest BCUT2D eigenvalue weighted by atomic mass is 9.86. The number of amides is 1. The van der Waals surface area contributed by atoms with Crippen molar-refractivity contribution in [2.45, 2.75) is 64.0 Å². The van der Waals surface area contributed by atoms with E-state index in [0.717, 1.165) is 51.0 Å². The van der Waals surface area contributed by atoms with Crippen LogP contribution < -0.4 is 0 Å². The lowest BCUT2D eigenvalue weighted by Crippen LogP contribution is -2.46. The number of carbonyl (C=O) groups excluding carboxylic acids is 1. The average Bonchev–Trinajstić information content (AvgIpc) is 3.14. The summed E-state index contributed by atoms with van der Waals surface area (Å²) in [5.74, 6) is -0.238. The molecule has 1 unspecified atom stereocenters. The second kappa shape index (κ2) is 8.67. The molecule has 1 atom stereocenters. The maximum atomic E-state index is 13.1. The van der Waals surface area contributed by atoms with Gasteiger partial charge in [0.05, 0.1) is 18.1 Å². The fourth-order valence-corrected chi connectivity index (χ4v) is 4.16. The van der Waals surface area contributed by atoms with Crippen molar-refractivity contribution in [2.75, 3.05) is 13.2 Å². The van der Waals surface area contributed by atoms with Gasteiger partial charge in [-0.15, -0.1) is 0 Å². The van der Waals surface area contributed by atoms with E-state index in [4.69, 9.17) is 4.74 Å². The fourth-order valence-electron chi connectivity index (χ4n) is 4.16. The minimum Gasteiger partial charge on any atom is -0.478 e. The number of benzene rings is 1. The number of aromatic carboxylic acids is 1. The lowest BCUT2D eigenvalue weighted by molar-refractivity contribution is -0.135. The van der Waals surface area contributed by atoms with Crippen LogP contribution in [0, 0.1) is 5.92 Å². The largest absolute Gasteiger partial charge is 0.478 e. The van der Waals surface area contributed by atoms with Crippen LogP contribution in [0.25, 0.3) is 0 Å². The molecule has 0 bridgehead atoms. The number of carboxylic acid groups (broad SMARTS) is 1. The van der Waals surface area contributed by atoms with Crippen LogP contribution in [0.15, 0.2) is 24.3 Å². The molecule has 1 saturated heterocycles. The van der Waals surface area contributed by atoms with Crippen LogP contribution in [0.3, 0.4) is 0 Å². The van der Waals surface area contributed by atoms with Crippen LogP contribution >= 0.6 is 0 Å². The van der Waals surface area contributed by atoms with Gasteiger partial charge in [-0.05, 0) is 56.1 Å². The quantitative estimate of drug-likeness (QED) is 0.844. The highest BCUT2D eigenvalue weighted by molar-refractivity contribution is 5.91. The molecular formula is C21H29NO4. The second-order valence-corrected chi connectivity index (χ2v) is 7.73. The molecule has 1 aliphatic heterocycles. The van der Waals surface area contributed by atoms with E-state index in [-0.39, 0.29) is 30.0 Å². The molecule has 2 fully saturated rings. The van der Waals surface area contributed by atoms with Crippen molar-refractivity contribution in [3.8, 4) is 0 Å². The molecule has 26 heavy (non-hydrogen) atoms. The molecule has 1 aromatic rings. The standard InChI is InChI=1S/C21H29NO4/c1-15-8-10-17(11-9-15)22(14-18-6-4-12-26-18)20(23)13-16-5-2-3-7-19(16)21(24)25/h2-3,5,7,15,17-18H,4,6,8-14H2,1H3,(H,24,25). The number of carboxylic acids is 1. The van der Waals surface area contributed by atoms with Gasteiger partial charge >= 0.3 is 5.97 Å². The maximum absolute atomic E-state index is 13.1. The van der Waals surface area contributed by atoms with Crippen LogP contribution in [0.5, 0.6) is 0 Å². The highest BCUT2D eigenvalue weighted by Gasteiger charge is 2.31. The van der Waals surface area contributed by atoms with Crippen LogP contribution in [0.1, 0.15) is 61.4 Å². The molecule has 0 aromatic heterocycles. The summed E-state index contributed by atoms with van der Waals surface area (Å²) < 4.78 is 5.77. The molecule has 142 valence electrons. The Labute approximate surface area is 155 Å². The molecule has 1 saturated carbocycles. The molecule has 1 amide bonds. The van der Waals surface area contributed by atoms with Gasteiger partial charge in [-0.3, -0.25) is 4.79 Å². The van der Waals surface area contributed by atoms with Crippen molar-refractivity contribution in [1.82, 2.24) is 4.90 Å². The molecule has 1 aromatic carbocycles. The van der Waals surface area contributed by atoms with Crippen molar-refractivity contribution in [1.29, 1.82) is 0 Å². The predicted molar refractivity (Wildman–Crippen MR) is 99.2 cm³/mol. The lowest BCUT2D eigenvalue weighted by Gasteiger charge is -2.37. The monoisotopic (exact) mass is 359 g/mol. The van der Waals surface area contributed by atoms with Crippen molar-refractivity contribution in [3.05, 3.63) is 35.4 Å². The number of ether oxygens (including phenoxy) is 1. The summed E-state index contributed by atoms with van der Waals surface area (Å²) in [4.78, 5) is 26.6. The molecule has 3 rings (SSSR count). The Morgan fingerprint density at radius 1 is 1.15 bits per heavy atom. The van der Waals surface area contributed by atoms with Crippen LogP contribution in [0.2, 0.25) is 0 Å². The Morgan fingerprint density at radius 2 is 1.88 bits per heavy atom. The van der Waals surface area contributed by atoms with Gasteiger partial charge in [-0.1, -0.05) is 25.1 Å². The zero-order valence-electron chi connectivity index (χ0n) is 15.5. The van der Waals surface area contributed by atoms with Gasteiger partial charge < -0.3 is 14.7 Å². The Balaban J connectivity index is 1.74. The maximum Gasteiger partial charge on any atom is 0.335 e. The third-order valence-electron chi connectivity index (χ3n) is 5.76. The molecule has 2 aliphatic rings. The molecule has 1 N–H and O–H groups in total. The summed E-state index contributed by atoms with van der Waals surface area (Å²) in [5.41, 5.74) is 0.807. The average molecular weight is 359 g/mol. The van der Waals surface area contributed by atoms with Crippen molar-refractivity contribution >= 4 is 11.9 Å². The van der Waals surface area contributed by atoms with E-state index in [2.05, 4.69) is 6.92 Å². The third-order valence-corrected chi connectivity index (χ3v) is 5.76. The first kappa shape index (κ1) is 18.9. The minimum atomic E-state index is -0.981. The molecule has 1 heterocycles. The number of carbonyl (C=O) groups is 2. The van der Waals surface area contributed by atoms with Gasteiger partial charge in [0.25, 0.3) is 0 Å². The number of hydrogen-bond acceptors (Lipinski definition) is 3. The van der Waals surface area contributed by atoms with Gasteiger partial charge in [0.2, 0.25) is 5.91 Å². The van der Waals surface area contributed by atoms with Gasteiger partial charge in [0.1, 0.15) is 0 Å². The van der Waals surface area contributed by atoms with Gasteiger partial charge in [0, 0.05) is 19.2 Å².